The minimum atomic E-state index is -0.654. The van der Waals surface area contributed by atoms with E-state index >= 15 is 0 Å². The van der Waals surface area contributed by atoms with Gasteiger partial charge in [0.05, 0.1) is 5.92 Å². The number of hydrogen-bond acceptors (Lipinski definition) is 2. The van der Waals surface area contributed by atoms with Gasteiger partial charge in [0.15, 0.2) is 0 Å². The van der Waals surface area contributed by atoms with Crippen molar-refractivity contribution in [2.45, 2.75) is 25.7 Å². The van der Waals surface area contributed by atoms with E-state index < -0.39 is 5.97 Å². The maximum atomic E-state index is 10.8. The van der Waals surface area contributed by atoms with E-state index in [0.717, 1.165) is 24.0 Å². The van der Waals surface area contributed by atoms with Crippen molar-refractivity contribution in [2.75, 3.05) is 13.1 Å². The van der Waals surface area contributed by atoms with Gasteiger partial charge in [0.25, 0.3) is 0 Å². The molecule has 0 amide bonds. The molecule has 1 saturated carbocycles. The molecule has 3 nitrogen and oxygen atoms in total. The fourth-order valence-corrected chi connectivity index (χ4v) is 2.61. The summed E-state index contributed by atoms with van der Waals surface area (Å²) in [4.78, 5) is 10.8. The minimum Gasteiger partial charge on any atom is -0.481 e. The summed E-state index contributed by atoms with van der Waals surface area (Å²) in [6.07, 6.45) is 0.820. The second-order valence-corrected chi connectivity index (χ2v) is 6.88. The molecule has 4 heteroatoms. The summed E-state index contributed by atoms with van der Waals surface area (Å²) in [7, 11) is 0. The first-order valence-corrected chi connectivity index (χ1v) is 7.39. The predicted octanol–water partition coefficient (Wildman–Crippen LogP) is 3.04. The first-order chi connectivity index (χ1) is 8.90. The Bertz CT molecular complexity index is 456. The molecule has 0 aliphatic heterocycles. The predicted molar refractivity (Wildman–Crippen MR) is 79.3 cm³/mol. The van der Waals surface area contributed by atoms with E-state index in [1.807, 2.05) is 0 Å². The van der Waals surface area contributed by atoms with E-state index in [1.165, 1.54) is 5.56 Å². The van der Waals surface area contributed by atoms with Crippen molar-refractivity contribution in [1.29, 1.82) is 0 Å². The molecule has 1 aliphatic rings. The zero-order valence-corrected chi connectivity index (χ0v) is 12.9. The van der Waals surface area contributed by atoms with Crippen LogP contribution in [0.2, 0.25) is 0 Å². The third kappa shape index (κ3) is 3.80. The van der Waals surface area contributed by atoms with Gasteiger partial charge in [-0.05, 0) is 36.6 Å². The van der Waals surface area contributed by atoms with Crippen molar-refractivity contribution in [1.82, 2.24) is 5.32 Å². The maximum Gasteiger partial charge on any atom is 0.306 e. The van der Waals surface area contributed by atoms with Crippen molar-refractivity contribution >= 4 is 21.9 Å². The molecule has 104 valence electrons. The maximum absolute atomic E-state index is 10.8. The molecule has 2 rings (SSSR count). The third-order valence-corrected chi connectivity index (χ3v) is 4.37. The number of carboxylic acids is 1. The summed E-state index contributed by atoms with van der Waals surface area (Å²) < 4.78 is 1.09. The molecule has 0 spiro atoms. The van der Waals surface area contributed by atoms with Crippen LogP contribution >= 0.6 is 15.9 Å². The van der Waals surface area contributed by atoms with E-state index in [2.05, 4.69) is 59.4 Å². The van der Waals surface area contributed by atoms with Crippen LogP contribution in [0.5, 0.6) is 0 Å². The van der Waals surface area contributed by atoms with Crippen LogP contribution in [0.4, 0.5) is 0 Å². The van der Waals surface area contributed by atoms with Gasteiger partial charge in [-0.2, -0.15) is 0 Å². The van der Waals surface area contributed by atoms with Gasteiger partial charge in [-0.3, -0.25) is 4.79 Å². The quantitative estimate of drug-likeness (QED) is 0.845. The monoisotopic (exact) mass is 325 g/mol. The highest BCUT2D eigenvalue weighted by molar-refractivity contribution is 9.10. The number of nitrogens with one attached hydrogen (secondary N) is 1. The lowest BCUT2D eigenvalue weighted by atomic mass is 9.84. The highest BCUT2D eigenvalue weighted by Crippen LogP contribution is 2.38. The van der Waals surface area contributed by atoms with E-state index in [-0.39, 0.29) is 11.3 Å². The number of halogens is 1. The molecule has 2 N–H and O–H groups in total. The number of carboxylic acid groups (broad SMARTS) is 1. The molecule has 0 aromatic heterocycles. The summed E-state index contributed by atoms with van der Waals surface area (Å²) in [5.41, 5.74) is 1.34. The fourth-order valence-electron chi connectivity index (χ4n) is 2.35. The van der Waals surface area contributed by atoms with Gasteiger partial charge in [0.2, 0.25) is 0 Å². The third-order valence-electron chi connectivity index (χ3n) is 3.84. The average Bonchev–Trinajstić information content (AvgIpc) is 3.09. The molecule has 1 aromatic carbocycles. The molecule has 0 saturated heterocycles. The van der Waals surface area contributed by atoms with Gasteiger partial charge in [-0.15, -0.1) is 0 Å². The SMILES string of the molecule is CC(C)(CNCC1CC1C(=O)O)c1ccc(Br)cc1. The standard InChI is InChI=1S/C15H20BrNO2/c1-15(2,11-3-5-12(16)6-4-11)9-17-8-10-7-13(10)14(18)19/h3-6,10,13,17H,7-9H2,1-2H3,(H,18,19). The molecule has 1 aliphatic carbocycles. The number of rotatable bonds is 6. The highest BCUT2D eigenvalue weighted by atomic mass is 79.9. The van der Waals surface area contributed by atoms with Crippen LogP contribution in [0.15, 0.2) is 28.7 Å². The second-order valence-electron chi connectivity index (χ2n) is 5.96. The van der Waals surface area contributed by atoms with Gasteiger partial charge >= 0.3 is 5.97 Å². The van der Waals surface area contributed by atoms with Crippen LogP contribution in [0.1, 0.15) is 25.8 Å². The normalized spacial score (nSPS) is 22.3. The zero-order valence-electron chi connectivity index (χ0n) is 11.3. The van der Waals surface area contributed by atoms with Crippen LogP contribution in [-0.4, -0.2) is 24.2 Å². The first-order valence-electron chi connectivity index (χ1n) is 6.60. The average molecular weight is 326 g/mol. The number of hydrogen-bond donors (Lipinski definition) is 2. The van der Waals surface area contributed by atoms with Crippen LogP contribution in [0, 0.1) is 11.8 Å². The Balaban J connectivity index is 1.81. The van der Waals surface area contributed by atoms with Crippen molar-refractivity contribution in [2.24, 2.45) is 11.8 Å². The van der Waals surface area contributed by atoms with Crippen LogP contribution in [0.3, 0.4) is 0 Å². The van der Waals surface area contributed by atoms with Crippen LogP contribution in [-0.2, 0) is 10.2 Å². The van der Waals surface area contributed by atoms with Gasteiger partial charge in [0.1, 0.15) is 0 Å². The Morgan fingerprint density at radius 1 is 1.42 bits per heavy atom. The number of carbonyl (C=O) groups is 1. The van der Waals surface area contributed by atoms with Gasteiger partial charge < -0.3 is 10.4 Å². The minimum absolute atomic E-state index is 0.0499. The smallest absolute Gasteiger partial charge is 0.306 e. The van der Waals surface area contributed by atoms with Crippen molar-refractivity contribution in [3.63, 3.8) is 0 Å². The molecule has 1 aromatic rings. The summed E-state index contributed by atoms with van der Waals surface area (Å²) in [5.74, 6) is -0.458. The zero-order chi connectivity index (χ0) is 14.0. The molecule has 2 unspecified atom stereocenters. The molecule has 2 atom stereocenters. The summed E-state index contributed by atoms with van der Waals surface area (Å²) in [5, 5.41) is 12.3. The number of aliphatic carboxylic acids is 1. The van der Waals surface area contributed by atoms with E-state index in [4.69, 9.17) is 5.11 Å². The number of benzene rings is 1. The Hall–Kier alpha value is -0.870. The fraction of sp³-hybridized carbons (Fsp3) is 0.533. The Labute approximate surface area is 122 Å². The summed E-state index contributed by atoms with van der Waals surface area (Å²) in [6, 6.07) is 8.36. The lowest BCUT2D eigenvalue weighted by Crippen LogP contribution is -2.34. The van der Waals surface area contributed by atoms with E-state index in [0.29, 0.717) is 5.92 Å². The second kappa shape index (κ2) is 5.63. The molecule has 19 heavy (non-hydrogen) atoms. The Kier molecular flexibility index (Phi) is 4.31. The van der Waals surface area contributed by atoms with Gasteiger partial charge in [-0.1, -0.05) is 41.9 Å². The van der Waals surface area contributed by atoms with E-state index in [9.17, 15) is 4.79 Å². The molecule has 0 bridgehead atoms. The van der Waals surface area contributed by atoms with Gasteiger partial charge in [0, 0.05) is 16.4 Å². The molecule has 0 radical (unpaired) electrons. The first kappa shape index (κ1) is 14.5. The topological polar surface area (TPSA) is 49.3 Å². The molecule has 0 heterocycles. The Morgan fingerprint density at radius 3 is 2.58 bits per heavy atom. The Morgan fingerprint density at radius 2 is 2.05 bits per heavy atom. The van der Waals surface area contributed by atoms with Crippen LogP contribution in [0.25, 0.3) is 0 Å². The largest absolute Gasteiger partial charge is 0.481 e. The van der Waals surface area contributed by atoms with Crippen LogP contribution < -0.4 is 5.32 Å². The van der Waals surface area contributed by atoms with E-state index in [1.54, 1.807) is 0 Å². The van der Waals surface area contributed by atoms with Gasteiger partial charge in [-0.25, -0.2) is 0 Å². The van der Waals surface area contributed by atoms with Crippen molar-refractivity contribution in [3.8, 4) is 0 Å². The lowest BCUT2D eigenvalue weighted by molar-refractivity contribution is -0.138. The summed E-state index contributed by atoms with van der Waals surface area (Å²) in [6.45, 7) is 6.06. The molecule has 1 fully saturated rings. The molecular formula is C15H20BrNO2. The van der Waals surface area contributed by atoms with Crippen molar-refractivity contribution < 1.29 is 9.90 Å². The van der Waals surface area contributed by atoms with Crippen molar-refractivity contribution in [3.05, 3.63) is 34.3 Å². The highest BCUT2D eigenvalue weighted by Gasteiger charge is 2.42. The summed E-state index contributed by atoms with van der Waals surface area (Å²) >= 11 is 3.44. The molecular weight excluding hydrogens is 306 g/mol. The lowest BCUT2D eigenvalue weighted by Gasteiger charge is -2.26.